The van der Waals surface area contributed by atoms with Crippen molar-refractivity contribution in [2.45, 2.75) is 10.5 Å². The highest BCUT2D eigenvalue weighted by atomic mass is 32.2. The summed E-state index contributed by atoms with van der Waals surface area (Å²) in [5, 5.41) is 22.1. The van der Waals surface area contributed by atoms with Crippen molar-refractivity contribution in [3.63, 3.8) is 0 Å². The first kappa shape index (κ1) is 21.1. The Morgan fingerprint density at radius 3 is 1.93 bits per heavy atom. The van der Waals surface area contributed by atoms with Gasteiger partial charge in [-0.1, -0.05) is 66.7 Å². The van der Waals surface area contributed by atoms with E-state index < -0.39 is 37.0 Å². The maximum atomic E-state index is 12.9. The molecule has 30 heavy (non-hydrogen) atoms. The van der Waals surface area contributed by atoms with E-state index in [1.807, 2.05) is 10.3 Å². The summed E-state index contributed by atoms with van der Waals surface area (Å²) >= 11 is 0. The van der Waals surface area contributed by atoms with E-state index in [0.717, 1.165) is 18.2 Å². The molecule has 3 aromatic carbocycles. The van der Waals surface area contributed by atoms with Crippen LogP contribution < -0.4 is 10.3 Å². The summed E-state index contributed by atoms with van der Waals surface area (Å²) in [6, 6.07) is 20.4. The van der Waals surface area contributed by atoms with Crippen LogP contribution in [0.2, 0.25) is 0 Å². The molecule has 0 saturated carbocycles. The average Bonchev–Trinajstić information content (AvgIpc) is 2.78. The first-order valence-corrected chi connectivity index (χ1v) is 10.1. The van der Waals surface area contributed by atoms with Gasteiger partial charge in [0.25, 0.3) is 21.6 Å². The van der Waals surface area contributed by atoms with Gasteiger partial charge in [0, 0.05) is 12.1 Å². The van der Waals surface area contributed by atoms with Gasteiger partial charge in [-0.25, -0.2) is 8.42 Å². The van der Waals surface area contributed by atoms with E-state index in [1.165, 1.54) is 30.3 Å². The molecular formula is C20H17N3O6S. The number of carbonyl (C=O) groups is 1. The second-order valence-electron chi connectivity index (χ2n) is 6.26. The fraction of sp³-hybridized carbons (Fsp3) is 0.0500. The molecule has 154 valence electrons. The van der Waals surface area contributed by atoms with Gasteiger partial charge in [0.1, 0.15) is 0 Å². The van der Waals surface area contributed by atoms with Crippen molar-refractivity contribution >= 4 is 21.6 Å². The number of amides is 1. The van der Waals surface area contributed by atoms with Gasteiger partial charge in [0.2, 0.25) is 0 Å². The number of non-ortho nitro benzene ring substituents is 1. The van der Waals surface area contributed by atoms with Gasteiger partial charge < -0.3 is 5.11 Å². The fourth-order valence-electron chi connectivity index (χ4n) is 2.81. The number of carbonyl (C=O) groups excluding carboxylic acids is 1. The molecule has 0 heterocycles. The van der Waals surface area contributed by atoms with Gasteiger partial charge in [0.15, 0.2) is 5.60 Å². The van der Waals surface area contributed by atoms with E-state index in [4.69, 9.17) is 0 Å². The van der Waals surface area contributed by atoms with Crippen LogP contribution in [0.1, 0.15) is 11.1 Å². The number of nitro benzene ring substituents is 1. The van der Waals surface area contributed by atoms with Crippen LogP contribution >= 0.6 is 0 Å². The Morgan fingerprint density at radius 1 is 0.900 bits per heavy atom. The van der Waals surface area contributed by atoms with Crippen LogP contribution in [0.4, 0.5) is 5.69 Å². The fourth-order valence-corrected chi connectivity index (χ4v) is 3.69. The molecule has 0 spiro atoms. The van der Waals surface area contributed by atoms with Crippen LogP contribution in [0, 0.1) is 10.1 Å². The molecule has 0 fully saturated rings. The van der Waals surface area contributed by atoms with Gasteiger partial charge >= 0.3 is 0 Å². The highest BCUT2D eigenvalue weighted by Crippen LogP contribution is 2.29. The Morgan fingerprint density at radius 2 is 1.43 bits per heavy atom. The maximum absolute atomic E-state index is 12.9. The molecule has 0 aliphatic heterocycles. The largest absolute Gasteiger partial charge is 0.372 e. The molecule has 9 nitrogen and oxygen atoms in total. The molecule has 1 amide bonds. The zero-order chi connectivity index (χ0) is 21.8. The van der Waals surface area contributed by atoms with Gasteiger partial charge in [-0.2, -0.15) is 0 Å². The van der Waals surface area contributed by atoms with Crippen LogP contribution in [0.25, 0.3) is 0 Å². The third kappa shape index (κ3) is 4.20. The Hall–Kier alpha value is -3.60. The van der Waals surface area contributed by atoms with Gasteiger partial charge in [-0.05, 0) is 17.2 Å². The van der Waals surface area contributed by atoms with Gasteiger partial charge in [-0.15, -0.1) is 4.83 Å². The summed E-state index contributed by atoms with van der Waals surface area (Å²) < 4.78 is 25.0. The zero-order valence-corrected chi connectivity index (χ0v) is 16.2. The Balaban J connectivity index is 1.90. The summed E-state index contributed by atoms with van der Waals surface area (Å²) in [5.41, 5.74) is -0.147. The van der Waals surface area contributed by atoms with E-state index in [9.17, 15) is 28.4 Å². The number of rotatable bonds is 7. The van der Waals surface area contributed by atoms with Crippen molar-refractivity contribution in [1.29, 1.82) is 0 Å². The lowest BCUT2D eigenvalue weighted by molar-refractivity contribution is -0.385. The molecule has 3 N–H and O–H groups in total. The highest BCUT2D eigenvalue weighted by Gasteiger charge is 2.40. The van der Waals surface area contributed by atoms with E-state index in [2.05, 4.69) is 0 Å². The van der Waals surface area contributed by atoms with Crippen LogP contribution in [0.5, 0.6) is 0 Å². The predicted molar refractivity (Wildman–Crippen MR) is 107 cm³/mol. The minimum Gasteiger partial charge on any atom is -0.372 e. The SMILES string of the molecule is O=C(NNS(=O)(=O)c1cccc([N+](=O)[O-])c1)C(O)(c1ccccc1)c1ccccc1. The van der Waals surface area contributed by atoms with E-state index in [1.54, 1.807) is 36.4 Å². The molecule has 3 rings (SSSR count). The lowest BCUT2D eigenvalue weighted by Crippen LogP contribution is -2.52. The molecule has 0 aromatic heterocycles. The Bertz CT molecular complexity index is 1130. The summed E-state index contributed by atoms with van der Waals surface area (Å²) in [4.78, 5) is 24.5. The normalized spacial score (nSPS) is 11.6. The monoisotopic (exact) mass is 427 g/mol. The van der Waals surface area contributed by atoms with Crippen LogP contribution in [-0.4, -0.2) is 24.4 Å². The number of nitro groups is 1. The molecule has 0 unspecified atom stereocenters. The quantitative estimate of drug-likeness (QED) is 0.388. The van der Waals surface area contributed by atoms with Crippen molar-refractivity contribution in [3.05, 3.63) is 106 Å². The second-order valence-corrected chi connectivity index (χ2v) is 7.94. The summed E-state index contributed by atoms with van der Waals surface area (Å²) in [7, 11) is -4.33. The smallest absolute Gasteiger partial charge is 0.276 e. The minimum atomic E-state index is -4.33. The molecule has 10 heteroatoms. The second kappa shape index (κ2) is 8.41. The highest BCUT2D eigenvalue weighted by molar-refractivity contribution is 7.89. The van der Waals surface area contributed by atoms with Crippen LogP contribution in [0.3, 0.4) is 0 Å². The lowest BCUT2D eigenvalue weighted by Gasteiger charge is -2.28. The first-order valence-electron chi connectivity index (χ1n) is 8.65. The van der Waals surface area contributed by atoms with Crippen molar-refractivity contribution < 1.29 is 23.2 Å². The van der Waals surface area contributed by atoms with E-state index >= 15 is 0 Å². The number of nitrogens with one attached hydrogen (secondary N) is 2. The van der Waals surface area contributed by atoms with Crippen molar-refractivity contribution in [3.8, 4) is 0 Å². The topological polar surface area (TPSA) is 139 Å². The van der Waals surface area contributed by atoms with Gasteiger partial charge in [0.05, 0.1) is 9.82 Å². The number of nitrogens with zero attached hydrogens (tertiary/aromatic N) is 1. The average molecular weight is 427 g/mol. The van der Waals surface area contributed by atoms with Crippen molar-refractivity contribution in [1.82, 2.24) is 10.3 Å². The number of sulfonamides is 1. The van der Waals surface area contributed by atoms with Crippen LogP contribution in [-0.2, 0) is 20.4 Å². The number of hydrogen-bond donors (Lipinski definition) is 3. The maximum Gasteiger partial charge on any atom is 0.276 e. The van der Waals surface area contributed by atoms with Crippen molar-refractivity contribution in [2.75, 3.05) is 0 Å². The van der Waals surface area contributed by atoms with Crippen LogP contribution in [0.15, 0.2) is 89.8 Å². The number of hydrogen-bond acceptors (Lipinski definition) is 6. The molecule has 0 radical (unpaired) electrons. The Kier molecular flexibility index (Phi) is 5.92. The van der Waals surface area contributed by atoms with E-state index in [-0.39, 0.29) is 11.1 Å². The van der Waals surface area contributed by atoms with E-state index in [0.29, 0.717) is 0 Å². The van der Waals surface area contributed by atoms with Crippen molar-refractivity contribution in [2.24, 2.45) is 0 Å². The zero-order valence-electron chi connectivity index (χ0n) is 15.4. The third-order valence-electron chi connectivity index (χ3n) is 4.35. The molecule has 0 aliphatic rings. The number of aliphatic hydroxyl groups is 1. The Labute approximate surface area is 172 Å². The molecular weight excluding hydrogens is 410 g/mol. The molecule has 3 aromatic rings. The summed E-state index contributed by atoms with van der Waals surface area (Å²) in [6.45, 7) is 0. The first-order chi connectivity index (χ1) is 14.2. The summed E-state index contributed by atoms with van der Waals surface area (Å²) in [5.74, 6) is -1.05. The number of hydrazine groups is 1. The number of benzene rings is 3. The lowest BCUT2D eigenvalue weighted by atomic mass is 9.86. The minimum absolute atomic E-state index is 0.225. The molecule has 0 aliphatic carbocycles. The van der Waals surface area contributed by atoms with Gasteiger partial charge in [-0.3, -0.25) is 20.3 Å². The predicted octanol–water partition coefficient (Wildman–Crippen LogP) is 1.84. The molecule has 0 saturated heterocycles. The molecule has 0 atom stereocenters. The summed E-state index contributed by atoms with van der Waals surface area (Å²) in [6.07, 6.45) is 0. The standard InChI is InChI=1S/C20H17N3O6S/c24-19(21-22-30(28,29)18-13-7-12-17(14-18)23(26)27)20(25,15-8-3-1-4-9-15)16-10-5-2-6-11-16/h1-14,22,25H,(H,21,24). The third-order valence-corrected chi connectivity index (χ3v) is 5.59. The molecule has 0 bridgehead atoms.